The van der Waals surface area contributed by atoms with Gasteiger partial charge in [0.25, 0.3) is 0 Å². The summed E-state index contributed by atoms with van der Waals surface area (Å²) in [7, 11) is 0. The van der Waals surface area contributed by atoms with Gasteiger partial charge < -0.3 is 10.5 Å². The second-order valence-corrected chi connectivity index (χ2v) is 3.84. The normalized spacial score (nSPS) is 10.2. The number of hydrogen-bond acceptors (Lipinski definition) is 3. The van der Waals surface area contributed by atoms with Crippen LogP contribution in [0.4, 0.5) is 5.82 Å². The molecule has 2 N–H and O–H groups in total. The van der Waals surface area contributed by atoms with Crippen LogP contribution in [0, 0.1) is 0 Å². The molecular formula is C14H16N2O. The summed E-state index contributed by atoms with van der Waals surface area (Å²) in [6.45, 7) is 2.84. The Balaban J connectivity index is 2.17. The van der Waals surface area contributed by atoms with Gasteiger partial charge in [-0.15, -0.1) is 0 Å². The van der Waals surface area contributed by atoms with E-state index in [2.05, 4.69) is 11.9 Å². The third kappa shape index (κ3) is 2.97. The summed E-state index contributed by atoms with van der Waals surface area (Å²) in [6.07, 6.45) is 2.73. The lowest BCUT2D eigenvalue weighted by molar-refractivity contribution is 0.317. The Kier molecular flexibility index (Phi) is 3.60. The first-order valence-corrected chi connectivity index (χ1v) is 5.74. The molecule has 1 aromatic heterocycles. The van der Waals surface area contributed by atoms with Gasteiger partial charge in [0.1, 0.15) is 11.6 Å². The van der Waals surface area contributed by atoms with Crippen LogP contribution >= 0.6 is 0 Å². The van der Waals surface area contributed by atoms with Crippen LogP contribution in [0.15, 0.2) is 42.6 Å². The lowest BCUT2D eigenvalue weighted by Gasteiger charge is -2.06. The van der Waals surface area contributed by atoms with Gasteiger partial charge in [0.05, 0.1) is 6.61 Å². The number of ether oxygens (including phenoxy) is 1. The molecule has 0 aliphatic heterocycles. The minimum Gasteiger partial charge on any atom is -0.494 e. The van der Waals surface area contributed by atoms with E-state index in [1.54, 1.807) is 6.20 Å². The van der Waals surface area contributed by atoms with E-state index < -0.39 is 0 Å². The number of pyridine rings is 1. The molecule has 0 amide bonds. The van der Waals surface area contributed by atoms with Crippen molar-refractivity contribution in [2.75, 3.05) is 12.3 Å². The molecular weight excluding hydrogens is 212 g/mol. The van der Waals surface area contributed by atoms with Crippen LogP contribution in [-0.4, -0.2) is 11.6 Å². The molecule has 0 spiro atoms. The first-order chi connectivity index (χ1) is 8.29. The Hall–Kier alpha value is -2.03. The second kappa shape index (κ2) is 5.34. The van der Waals surface area contributed by atoms with Crippen molar-refractivity contribution in [3.8, 4) is 16.9 Å². The number of hydrogen-bond donors (Lipinski definition) is 1. The largest absolute Gasteiger partial charge is 0.494 e. The summed E-state index contributed by atoms with van der Waals surface area (Å²) >= 11 is 0. The molecule has 0 saturated carbocycles. The van der Waals surface area contributed by atoms with Crippen LogP contribution in [0.5, 0.6) is 5.75 Å². The summed E-state index contributed by atoms with van der Waals surface area (Å²) in [5, 5.41) is 0. The van der Waals surface area contributed by atoms with E-state index in [4.69, 9.17) is 10.5 Å². The highest BCUT2D eigenvalue weighted by atomic mass is 16.5. The zero-order chi connectivity index (χ0) is 12.1. The molecule has 0 atom stereocenters. The summed E-state index contributed by atoms with van der Waals surface area (Å²) in [4.78, 5) is 3.98. The van der Waals surface area contributed by atoms with E-state index >= 15 is 0 Å². The van der Waals surface area contributed by atoms with E-state index in [9.17, 15) is 0 Å². The summed E-state index contributed by atoms with van der Waals surface area (Å²) in [6, 6.07) is 11.8. The maximum absolute atomic E-state index is 5.66. The second-order valence-electron chi connectivity index (χ2n) is 3.84. The molecule has 2 rings (SSSR count). The molecule has 3 nitrogen and oxygen atoms in total. The number of nitrogens with zero attached hydrogens (tertiary/aromatic N) is 1. The Labute approximate surface area is 101 Å². The fraction of sp³-hybridized carbons (Fsp3) is 0.214. The average Bonchev–Trinajstić information content (AvgIpc) is 2.37. The maximum Gasteiger partial charge on any atom is 0.123 e. The number of rotatable bonds is 4. The van der Waals surface area contributed by atoms with E-state index in [0.717, 1.165) is 29.9 Å². The molecule has 0 radical (unpaired) electrons. The van der Waals surface area contributed by atoms with Crippen LogP contribution in [0.2, 0.25) is 0 Å². The predicted molar refractivity (Wildman–Crippen MR) is 69.9 cm³/mol. The monoisotopic (exact) mass is 228 g/mol. The fourth-order valence-corrected chi connectivity index (χ4v) is 1.59. The molecule has 3 heteroatoms. The van der Waals surface area contributed by atoms with Gasteiger partial charge in [-0.25, -0.2) is 4.98 Å². The van der Waals surface area contributed by atoms with Crippen LogP contribution in [0.1, 0.15) is 13.3 Å². The molecule has 1 aromatic carbocycles. The highest BCUT2D eigenvalue weighted by molar-refractivity contribution is 5.66. The van der Waals surface area contributed by atoms with Gasteiger partial charge in [-0.3, -0.25) is 0 Å². The van der Waals surface area contributed by atoms with Gasteiger partial charge in [-0.05, 0) is 41.8 Å². The van der Waals surface area contributed by atoms with Gasteiger partial charge in [0, 0.05) is 6.20 Å². The molecule has 0 aliphatic carbocycles. The van der Waals surface area contributed by atoms with Crippen molar-refractivity contribution in [2.24, 2.45) is 0 Å². The Morgan fingerprint density at radius 3 is 2.53 bits per heavy atom. The van der Waals surface area contributed by atoms with Crippen LogP contribution in [-0.2, 0) is 0 Å². The van der Waals surface area contributed by atoms with Crippen LogP contribution in [0.25, 0.3) is 11.1 Å². The van der Waals surface area contributed by atoms with Crippen molar-refractivity contribution >= 4 is 5.82 Å². The Morgan fingerprint density at radius 1 is 1.12 bits per heavy atom. The zero-order valence-electron chi connectivity index (χ0n) is 9.89. The molecule has 0 bridgehead atoms. The van der Waals surface area contributed by atoms with Crippen molar-refractivity contribution in [2.45, 2.75) is 13.3 Å². The van der Waals surface area contributed by atoms with Crippen molar-refractivity contribution in [1.29, 1.82) is 0 Å². The first-order valence-electron chi connectivity index (χ1n) is 5.74. The molecule has 17 heavy (non-hydrogen) atoms. The SMILES string of the molecule is CCCOc1ccc(-c2ccnc(N)c2)cc1. The number of nitrogen functional groups attached to an aromatic ring is 1. The highest BCUT2D eigenvalue weighted by Crippen LogP contribution is 2.23. The first kappa shape index (κ1) is 11.5. The quantitative estimate of drug-likeness (QED) is 0.874. The lowest BCUT2D eigenvalue weighted by Crippen LogP contribution is -1.94. The van der Waals surface area contributed by atoms with Gasteiger partial charge >= 0.3 is 0 Å². The maximum atomic E-state index is 5.66. The predicted octanol–water partition coefficient (Wildman–Crippen LogP) is 3.12. The van der Waals surface area contributed by atoms with Gasteiger partial charge in [0.2, 0.25) is 0 Å². The molecule has 88 valence electrons. The van der Waals surface area contributed by atoms with Crippen LogP contribution < -0.4 is 10.5 Å². The van der Waals surface area contributed by atoms with Gasteiger partial charge in [-0.1, -0.05) is 19.1 Å². The summed E-state index contributed by atoms with van der Waals surface area (Å²) in [5.74, 6) is 1.44. The minimum absolute atomic E-state index is 0.536. The molecule has 0 saturated heterocycles. The van der Waals surface area contributed by atoms with Gasteiger partial charge in [0.15, 0.2) is 0 Å². The third-order valence-electron chi connectivity index (χ3n) is 2.44. The lowest BCUT2D eigenvalue weighted by atomic mass is 10.1. The number of benzene rings is 1. The fourth-order valence-electron chi connectivity index (χ4n) is 1.59. The molecule has 0 unspecified atom stereocenters. The molecule has 1 heterocycles. The molecule has 0 fully saturated rings. The summed E-state index contributed by atoms with van der Waals surface area (Å²) in [5.41, 5.74) is 7.84. The number of anilines is 1. The summed E-state index contributed by atoms with van der Waals surface area (Å²) < 4.78 is 5.53. The van der Waals surface area contributed by atoms with Crippen molar-refractivity contribution < 1.29 is 4.74 Å². The number of nitrogens with two attached hydrogens (primary N) is 1. The van der Waals surface area contributed by atoms with Gasteiger partial charge in [-0.2, -0.15) is 0 Å². The Morgan fingerprint density at radius 2 is 1.88 bits per heavy atom. The molecule has 0 aliphatic rings. The minimum atomic E-state index is 0.536. The Bertz CT molecular complexity index is 480. The van der Waals surface area contributed by atoms with E-state index in [1.165, 1.54) is 0 Å². The smallest absolute Gasteiger partial charge is 0.123 e. The average molecular weight is 228 g/mol. The van der Waals surface area contributed by atoms with Crippen molar-refractivity contribution in [3.63, 3.8) is 0 Å². The zero-order valence-corrected chi connectivity index (χ0v) is 9.89. The van der Waals surface area contributed by atoms with Crippen molar-refractivity contribution in [1.82, 2.24) is 4.98 Å². The topological polar surface area (TPSA) is 48.1 Å². The van der Waals surface area contributed by atoms with E-state index in [-0.39, 0.29) is 0 Å². The standard InChI is InChI=1S/C14H16N2O/c1-2-9-17-13-5-3-11(4-6-13)12-7-8-16-14(15)10-12/h3-8,10H,2,9H2,1H3,(H2,15,16). The number of aromatic nitrogens is 1. The molecule has 2 aromatic rings. The van der Waals surface area contributed by atoms with E-state index in [1.807, 2.05) is 36.4 Å². The van der Waals surface area contributed by atoms with E-state index in [0.29, 0.717) is 5.82 Å². The highest BCUT2D eigenvalue weighted by Gasteiger charge is 1.99. The van der Waals surface area contributed by atoms with Crippen molar-refractivity contribution in [3.05, 3.63) is 42.6 Å². The van der Waals surface area contributed by atoms with Crippen LogP contribution in [0.3, 0.4) is 0 Å². The third-order valence-corrected chi connectivity index (χ3v) is 2.44.